The molecule has 2 bridgehead atoms. The van der Waals surface area contributed by atoms with Crippen molar-refractivity contribution in [2.75, 3.05) is 20.6 Å². The van der Waals surface area contributed by atoms with Crippen LogP contribution in [-0.4, -0.2) is 43.1 Å². The summed E-state index contributed by atoms with van der Waals surface area (Å²) in [6, 6.07) is 1.18. The molecule has 2 atom stereocenters. The molecule has 14 heavy (non-hydrogen) atoms. The molecule has 2 saturated heterocycles. The van der Waals surface area contributed by atoms with E-state index in [0.717, 1.165) is 17.4 Å². The molecule has 2 aliphatic rings. The third kappa shape index (κ3) is 1.65. The molecule has 2 rings (SSSR count). The molecule has 0 radical (unpaired) electrons. The Morgan fingerprint density at radius 2 is 1.86 bits per heavy atom. The number of fused-ring (bicyclic) bond motifs is 2. The van der Waals surface area contributed by atoms with Crippen LogP contribution in [0.2, 0.25) is 0 Å². The van der Waals surface area contributed by atoms with Crippen molar-refractivity contribution >= 4 is 5.91 Å². The van der Waals surface area contributed by atoms with E-state index in [0.29, 0.717) is 12.1 Å². The number of hydrogen-bond donors (Lipinski definition) is 1. The SMILES string of the molecule is C[N+]1(C)[C@@H]2CCCC[C@H]1CNC(=O)C2. The lowest BCUT2D eigenvalue weighted by Gasteiger charge is -2.40. The molecule has 0 spiro atoms. The first-order valence-corrected chi connectivity index (χ1v) is 5.71. The van der Waals surface area contributed by atoms with E-state index in [2.05, 4.69) is 19.4 Å². The first-order chi connectivity index (χ1) is 6.60. The molecule has 0 aromatic rings. The maximum absolute atomic E-state index is 11.5. The summed E-state index contributed by atoms with van der Waals surface area (Å²) in [5, 5.41) is 3.04. The zero-order chi connectivity index (χ0) is 10.2. The van der Waals surface area contributed by atoms with Gasteiger partial charge < -0.3 is 9.80 Å². The van der Waals surface area contributed by atoms with Crippen LogP contribution in [0.4, 0.5) is 0 Å². The Morgan fingerprint density at radius 3 is 2.57 bits per heavy atom. The monoisotopic (exact) mass is 197 g/mol. The second-order valence-electron chi connectivity index (χ2n) is 5.23. The van der Waals surface area contributed by atoms with Gasteiger partial charge in [0.15, 0.2) is 0 Å². The van der Waals surface area contributed by atoms with Crippen LogP contribution >= 0.6 is 0 Å². The van der Waals surface area contributed by atoms with Crippen LogP contribution in [0.5, 0.6) is 0 Å². The van der Waals surface area contributed by atoms with Crippen LogP contribution in [0.25, 0.3) is 0 Å². The van der Waals surface area contributed by atoms with Gasteiger partial charge in [0.25, 0.3) is 0 Å². The van der Waals surface area contributed by atoms with Crippen molar-refractivity contribution in [2.45, 2.75) is 44.2 Å². The van der Waals surface area contributed by atoms with Gasteiger partial charge in [-0.1, -0.05) is 0 Å². The summed E-state index contributed by atoms with van der Waals surface area (Å²) in [7, 11) is 4.59. The lowest BCUT2D eigenvalue weighted by Crippen LogP contribution is -2.55. The van der Waals surface area contributed by atoms with Crippen LogP contribution in [0, 0.1) is 0 Å². The van der Waals surface area contributed by atoms with Gasteiger partial charge in [-0.3, -0.25) is 4.79 Å². The molecule has 2 fully saturated rings. The van der Waals surface area contributed by atoms with Gasteiger partial charge >= 0.3 is 0 Å². The fourth-order valence-corrected chi connectivity index (χ4v) is 2.92. The second-order valence-corrected chi connectivity index (χ2v) is 5.23. The van der Waals surface area contributed by atoms with E-state index in [1.807, 2.05) is 0 Å². The molecule has 0 aliphatic carbocycles. The zero-order valence-corrected chi connectivity index (χ0v) is 9.25. The van der Waals surface area contributed by atoms with Crippen LogP contribution in [0.3, 0.4) is 0 Å². The number of nitrogens with zero attached hydrogens (tertiary/aromatic N) is 1. The Kier molecular flexibility index (Phi) is 2.52. The highest BCUT2D eigenvalue weighted by atomic mass is 16.1. The quantitative estimate of drug-likeness (QED) is 0.574. The molecule has 0 aromatic heterocycles. The van der Waals surface area contributed by atoms with Gasteiger partial charge in [0, 0.05) is 6.42 Å². The maximum Gasteiger partial charge on any atom is 0.226 e. The smallest absolute Gasteiger partial charge is 0.226 e. The third-order valence-electron chi connectivity index (χ3n) is 4.16. The van der Waals surface area contributed by atoms with E-state index >= 15 is 0 Å². The zero-order valence-electron chi connectivity index (χ0n) is 9.25. The lowest BCUT2D eigenvalue weighted by molar-refractivity contribution is -0.935. The minimum Gasteiger partial charge on any atom is -0.350 e. The summed E-state index contributed by atoms with van der Waals surface area (Å²) in [4.78, 5) is 11.5. The summed E-state index contributed by atoms with van der Waals surface area (Å²) in [6.07, 6.45) is 5.85. The van der Waals surface area contributed by atoms with E-state index in [4.69, 9.17) is 0 Å². The summed E-state index contributed by atoms with van der Waals surface area (Å²) < 4.78 is 1.04. The molecule has 0 saturated carbocycles. The number of nitrogens with one attached hydrogen (secondary N) is 1. The highest BCUT2D eigenvalue weighted by Crippen LogP contribution is 2.29. The number of carbonyl (C=O) groups is 1. The molecule has 3 heteroatoms. The maximum atomic E-state index is 11.5. The van der Waals surface area contributed by atoms with Crippen LogP contribution < -0.4 is 5.32 Å². The third-order valence-corrected chi connectivity index (χ3v) is 4.16. The Hall–Kier alpha value is -0.570. The van der Waals surface area contributed by atoms with Gasteiger partial charge in [-0.15, -0.1) is 0 Å². The number of rotatable bonds is 0. The largest absolute Gasteiger partial charge is 0.350 e. The van der Waals surface area contributed by atoms with Gasteiger partial charge in [-0.05, 0) is 19.3 Å². The lowest BCUT2D eigenvalue weighted by atomic mass is 10.1. The Morgan fingerprint density at radius 1 is 1.21 bits per heavy atom. The van der Waals surface area contributed by atoms with Gasteiger partial charge in [0.2, 0.25) is 5.91 Å². The first-order valence-electron chi connectivity index (χ1n) is 5.71. The van der Waals surface area contributed by atoms with E-state index in [9.17, 15) is 4.79 Å². The first kappa shape index (κ1) is 9.97. The summed E-state index contributed by atoms with van der Waals surface area (Å²) >= 11 is 0. The molecular weight excluding hydrogens is 176 g/mol. The van der Waals surface area contributed by atoms with Crippen LogP contribution in [0.15, 0.2) is 0 Å². The molecule has 1 N–H and O–H groups in total. The van der Waals surface area contributed by atoms with Crippen molar-refractivity contribution in [1.29, 1.82) is 0 Å². The van der Waals surface area contributed by atoms with E-state index in [1.165, 1.54) is 25.7 Å². The average molecular weight is 197 g/mol. The molecule has 2 aliphatic heterocycles. The minimum atomic E-state index is 0.255. The van der Waals surface area contributed by atoms with Crippen molar-refractivity contribution in [3.05, 3.63) is 0 Å². The molecule has 0 aromatic carbocycles. The van der Waals surface area contributed by atoms with Crippen molar-refractivity contribution < 1.29 is 9.28 Å². The number of quaternary nitrogens is 1. The van der Waals surface area contributed by atoms with Crippen molar-refractivity contribution in [3.8, 4) is 0 Å². The number of carbonyl (C=O) groups excluding carboxylic acids is 1. The number of likely N-dealkylation sites (N-methyl/N-ethyl adjacent to an activating group) is 1. The van der Waals surface area contributed by atoms with Gasteiger partial charge in [-0.25, -0.2) is 0 Å². The topological polar surface area (TPSA) is 29.1 Å². The normalized spacial score (nSPS) is 36.9. The van der Waals surface area contributed by atoms with Crippen LogP contribution in [0.1, 0.15) is 32.1 Å². The molecule has 0 unspecified atom stereocenters. The second kappa shape index (κ2) is 3.54. The predicted molar refractivity (Wildman–Crippen MR) is 55.8 cm³/mol. The Labute approximate surface area is 86.1 Å². The Balaban J connectivity index is 2.25. The van der Waals surface area contributed by atoms with Crippen molar-refractivity contribution in [3.63, 3.8) is 0 Å². The standard InChI is InChI=1S/C11H20N2O/c1-13(2)9-5-3-4-6-10(13)8-12-11(14)7-9/h9-10H,3-8H2,1-2H3/p+1/t9-,10+/m1/s1. The van der Waals surface area contributed by atoms with E-state index in [1.54, 1.807) is 0 Å². The summed E-state index contributed by atoms with van der Waals surface area (Å²) in [5.41, 5.74) is 0. The fraction of sp³-hybridized carbons (Fsp3) is 0.909. The molecule has 2 heterocycles. The van der Waals surface area contributed by atoms with E-state index < -0.39 is 0 Å². The summed E-state index contributed by atoms with van der Waals surface area (Å²) in [5.74, 6) is 0.255. The predicted octanol–water partition coefficient (Wildman–Crippen LogP) is 0.894. The number of hydrogen-bond acceptors (Lipinski definition) is 1. The average Bonchev–Trinajstić information content (AvgIpc) is 2.32. The molecule has 1 amide bonds. The molecular formula is C11H21N2O+. The molecule has 3 nitrogen and oxygen atoms in total. The Bertz CT molecular complexity index is 237. The van der Waals surface area contributed by atoms with Crippen LogP contribution in [-0.2, 0) is 4.79 Å². The van der Waals surface area contributed by atoms with Crippen molar-refractivity contribution in [2.24, 2.45) is 0 Å². The van der Waals surface area contributed by atoms with Gasteiger partial charge in [0.05, 0.1) is 33.1 Å². The highest BCUT2D eigenvalue weighted by Gasteiger charge is 2.41. The number of amides is 1. The minimum absolute atomic E-state index is 0.255. The van der Waals surface area contributed by atoms with Crippen molar-refractivity contribution in [1.82, 2.24) is 5.32 Å². The summed E-state index contributed by atoms with van der Waals surface area (Å²) in [6.45, 7) is 0.877. The highest BCUT2D eigenvalue weighted by molar-refractivity contribution is 5.76. The van der Waals surface area contributed by atoms with Gasteiger partial charge in [-0.2, -0.15) is 0 Å². The molecule has 80 valence electrons. The van der Waals surface area contributed by atoms with E-state index in [-0.39, 0.29) is 5.91 Å². The fourth-order valence-electron chi connectivity index (χ4n) is 2.92. The van der Waals surface area contributed by atoms with Gasteiger partial charge in [0.1, 0.15) is 6.04 Å².